The quantitative estimate of drug-likeness (QED) is 0.592. The molecule has 0 saturated carbocycles. The SMILES string of the molecule is C=O.CCCC.CCOSOCC.CN. The van der Waals surface area contributed by atoms with Crippen molar-refractivity contribution in [2.45, 2.75) is 40.5 Å². The van der Waals surface area contributed by atoms with E-state index in [0.717, 1.165) is 12.3 Å². The average Bonchev–Trinajstić information content (AvgIpc) is 2.35. The van der Waals surface area contributed by atoms with Crippen molar-refractivity contribution in [1.29, 1.82) is 0 Å². The van der Waals surface area contributed by atoms with Crippen molar-refractivity contribution in [3.8, 4) is 0 Å². The summed E-state index contributed by atoms with van der Waals surface area (Å²) in [7, 11) is 1.50. The maximum atomic E-state index is 8.00. The van der Waals surface area contributed by atoms with E-state index in [0.29, 0.717) is 13.2 Å². The Bertz CT molecular complexity index is 62.6. The molecule has 0 fully saturated rings. The first kappa shape index (κ1) is 24.2. The number of carbonyl (C=O) groups excluding carboxylic acids is 1. The fourth-order valence-electron chi connectivity index (χ4n) is 0.130. The Morgan fingerprint density at radius 2 is 1.20 bits per heavy atom. The van der Waals surface area contributed by atoms with Crippen LogP contribution in [-0.2, 0) is 13.2 Å². The summed E-state index contributed by atoms with van der Waals surface area (Å²) in [6.45, 7) is 11.6. The van der Waals surface area contributed by atoms with Crippen LogP contribution in [0.15, 0.2) is 0 Å². The van der Waals surface area contributed by atoms with Gasteiger partial charge in [0.2, 0.25) is 0 Å². The maximum Gasteiger partial charge on any atom is 0.158 e. The van der Waals surface area contributed by atoms with Crippen LogP contribution in [0.25, 0.3) is 0 Å². The van der Waals surface area contributed by atoms with Gasteiger partial charge in [-0.3, -0.25) is 8.37 Å². The van der Waals surface area contributed by atoms with Crippen LogP contribution in [0.5, 0.6) is 0 Å². The molecule has 0 heterocycles. The molecule has 4 nitrogen and oxygen atoms in total. The van der Waals surface area contributed by atoms with Gasteiger partial charge in [-0.05, 0) is 20.9 Å². The topological polar surface area (TPSA) is 61.5 Å². The number of hydrogen-bond acceptors (Lipinski definition) is 5. The summed E-state index contributed by atoms with van der Waals surface area (Å²) in [4.78, 5) is 8.00. The number of unbranched alkanes of at least 4 members (excludes halogenated alkanes) is 1. The molecule has 0 spiro atoms. The molecule has 0 aromatic carbocycles. The molecular formula is C10H27NO3S. The number of hydrogen-bond donors (Lipinski definition) is 1. The Hall–Kier alpha value is -0.100. The molecule has 0 aromatic rings. The molecule has 0 bridgehead atoms. The Kier molecular flexibility index (Phi) is 78.5. The first-order chi connectivity index (χ1) is 7.33. The largest absolute Gasteiger partial charge is 0.333 e. The van der Waals surface area contributed by atoms with Crippen LogP contribution in [0.2, 0.25) is 0 Å². The molecule has 15 heavy (non-hydrogen) atoms. The van der Waals surface area contributed by atoms with Crippen LogP contribution in [0.4, 0.5) is 0 Å². The minimum Gasteiger partial charge on any atom is -0.333 e. The molecule has 0 amide bonds. The second-order valence-electron chi connectivity index (χ2n) is 1.88. The lowest BCUT2D eigenvalue weighted by Crippen LogP contribution is -1.80. The summed E-state index contributed by atoms with van der Waals surface area (Å²) in [5.74, 6) is 0. The van der Waals surface area contributed by atoms with Crippen molar-refractivity contribution in [3.63, 3.8) is 0 Å². The molecule has 5 heteroatoms. The van der Waals surface area contributed by atoms with Crippen molar-refractivity contribution in [3.05, 3.63) is 0 Å². The van der Waals surface area contributed by atoms with Crippen LogP contribution in [0.3, 0.4) is 0 Å². The summed E-state index contributed by atoms with van der Waals surface area (Å²) >= 11 is 1.05. The Labute approximate surface area is 99.3 Å². The predicted octanol–water partition coefficient (Wildman–Crippen LogP) is 2.82. The molecule has 0 rings (SSSR count). The Balaban J connectivity index is -0.0000000647. The number of nitrogens with two attached hydrogens (primary N) is 1. The Morgan fingerprint density at radius 1 is 0.933 bits per heavy atom. The van der Waals surface area contributed by atoms with E-state index in [1.807, 2.05) is 20.6 Å². The molecule has 0 saturated heterocycles. The van der Waals surface area contributed by atoms with E-state index < -0.39 is 0 Å². The molecule has 0 unspecified atom stereocenters. The van der Waals surface area contributed by atoms with E-state index in [9.17, 15) is 0 Å². The molecular weight excluding hydrogens is 214 g/mol. The van der Waals surface area contributed by atoms with Crippen LogP contribution < -0.4 is 5.73 Å². The summed E-state index contributed by atoms with van der Waals surface area (Å²) in [5.41, 5.74) is 4.50. The zero-order valence-electron chi connectivity index (χ0n) is 10.7. The number of carbonyl (C=O) groups is 1. The van der Waals surface area contributed by atoms with Crippen LogP contribution in [0.1, 0.15) is 40.5 Å². The molecule has 0 aliphatic heterocycles. The molecule has 0 atom stereocenters. The van der Waals surface area contributed by atoms with Gasteiger partial charge in [0.05, 0.1) is 13.2 Å². The summed E-state index contributed by atoms with van der Waals surface area (Å²) in [6, 6.07) is 0. The first-order valence-corrected chi connectivity index (χ1v) is 5.77. The monoisotopic (exact) mass is 241 g/mol. The summed E-state index contributed by atoms with van der Waals surface area (Å²) < 4.78 is 9.54. The van der Waals surface area contributed by atoms with E-state index in [-0.39, 0.29) is 0 Å². The van der Waals surface area contributed by atoms with E-state index in [1.165, 1.54) is 19.9 Å². The smallest absolute Gasteiger partial charge is 0.158 e. The van der Waals surface area contributed by atoms with E-state index in [1.54, 1.807) is 0 Å². The highest BCUT2D eigenvalue weighted by Gasteiger charge is 1.79. The lowest BCUT2D eigenvalue weighted by molar-refractivity contribution is -0.0979. The van der Waals surface area contributed by atoms with Crippen LogP contribution in [-0.4, -0.2) is 27.1 Å². The molecule has 0 aliphatic rings. The third kappa shape index (κ3) is 82.0. The van der Waals surface area contributed by atoms with Gasteiger partial charge in [-0.2, -0.15) is 0 Å². The minimum absolute atomic E-state index is 0.699. The standard InChI is InChI=1S/C4H10O2S.C4H10.CH5N.CH2O/c1-3-5-7-6-4-2;1-3-4-2;2*1-2/h3-4H2,1-2H3;3-4H2,1-2H3;2H2,1H3;1H2. The van der Waals surface area contributed by atoms with Gasteiger partial charge in [0.15, 0.2) is 12.3 Å². The molecule has 2 N–H and O–H groups in total. The highest BCUT2D eigenvalue weighted by Crippen LogP contribution is 2.01. The zero-order chi connectivity index (χ0) is 12.9. The third-order valence-electron chi connectivity index (χ3n) is 0.832. The van der Waals surface area contributed by atoms with Gasteiger partial charge < -0.3 is 10.5 Å². The first-order valence-electron chi connectivity index (χ1n) is 5.11. The van der Waals surface area contributed by atoms with Crippen molar-refractivity contribution in [1.82, 2.24) is 0 Å². The summed E-state index contributed by atoms with van der Waals surface area (Å²) in [6.07, 6.45) is 2.64. The predicted molar refractivity (Wildman–Crippen MR) is 68.7 cm³/mol. The lowest BCUT2D eigenvalue weighted by atomic mass is 10.4. The van der Waals surface area contributed by atoms with Crippen LogP contribution in [0, 0.1) is 0 Å². The average molecular weight is 241 g/mol. The fourth-order valence-corrected chi connectivity index (χ4v) is 0.391. The number of rotatable bonds is 5. The highest BCUT2D eigenvalue weighted by molar-refractivity contribution is 7.89. The normalized spacial score (nSPS) is 7.07. The molecule has 0 aromatic heterocycles. The maximum absolute atomic E-state index is 8.00. The molecule has 0 radical (unpaired) electrons. The van der Waals surface area contributed by atoms with Gasteiger partial charge in [-0.1, -0.05) is 26.7 Å². The fraction of sp³-hybridized carbons (Fsp3) is 0.900. The van der Waals surface area contributed by atoms with E-state index in [4.69, 9.17) is 13.2 Å². The van der Waals surface area contributed by atoms with E-state index in [2.05, 4.69) is 19.6 Å². The van der Waals surface area contributed by atoms with Gasteiger partial charge in [0, 0.05) is 0 Å². The van der Waals surface area contributed by atoms with Crippen molar-refractivity contribution in [2.75, 3.05) is 20.3 Å². The second kappa shape index (κ2) is 48.6. The van der Waals surface area contributed by atoms with Gasteiger partial charge in [-0.15, -0.1) is 0 Å². The van der Waals surface area contributed by atoms with Crippen molar-refractivity contribution in [2.24, 2.45) is 5.73 Å². The van der Waals surface area contributed by atoms with Crippen molar-refractivity contribution < 1.29 is 13.2 Å². The van der Waals surface area contributed by atoms with Crippen molar-refractivity contribution >= 4 is 19.1 Å². The Morgan fingerprint density at radius 3 is 1.33 bits per heavy atom. The zero-order valence-corrected chi connectivity index (χ0v) is 11.6. The summed E-state index contributed by atoms with van der Waals surface area (Å²) in [5, 5.41) is 0. The second-order valence-corrected chi connectivity index (χ2v) is 2.49. The lowest BCUT2D eigenvalue weighted by Gasteiger charge is -1.93. The van der Waals surface area contributed by atoms with Gasteiger partial charge >= 0.3 is 0 Å². The van der Waals surface area contributed by atoms with Gasteiger partial charge in [-0.25, -0.2) is 0 Å². The highest BCUT2D eigenvalue weighted by atomic mass is 32.2. The van der Waals surface area contributed by atoms with Gasteiger partial charge in [0.1, 0.15) is 6.79 Å². The molecule has 0 aliphatic carbocycles. The van der Waals surface area contributed by atoms with Gasteiger partial charge in [0.25, 0.3) is 0 Å². The minimum atomic E-state index is 0.699. The van der Waals surface area contributed by atoms with Crippen LogP contribution >= 0.6 is 12.3 Å². The van der Waals surface area contributed by atoms with E-state index >= 15 is 0 Å². The third-order valence-corrected chi connectivity index (χ3v) is 1.50. The molecule has 96 valence electrons.